The van der Waals surface area contributed by atoms with E-state index in [9.17, 15) is 19.2 Å². The first-order valence-electron chi connectivity index (χ1n) is 16.5. The summed E-state index contributed by atoms with van der Waals surface area (Å²) in [5.74, 6) is 0.187. The molecule has 0 saturated heterocycles. The summed E-state index contributed by atoms with van der Waals surface area (Å²) in [6.07, 6.45) is 6.17. The summed E-state index contributed by atoms with van der Waals surface area (Å²) >= 11 is 0. The van der Waals surface area contributed by atoms with E-state index in [-0.39, 0.29) is 50.3 Å². The van der Waals surface area contributed by atoms with Crippen molar-refractivity contribution in [3.05, 3.63) is 99.8 Å². The summed E-state index contributed by atoms with van der Waals surface area (Å²) < 4.78 is 27.9. The van der Waals surface area contributed by atoms with E-state index in [0.29, 0.717) is 65.9 Å². The predicted octanol–water partition coefficient (Wildman–Crippen LogP) is 4.80. The van der Waals surface area contributed by atoms with Gasteiger partial charge in [0, 0.05) is 19.5 Å². The van der Waals surface area contributed by atoms with Gasteiger partial charge in [-0.1, -0.05) is 27.7 Å². The predicted molar refractivity (Wildman–Crippen MR) is 185 cm³/mol. The lowest BCUT2D eigenvalue weighted by molar-refractivity contribution is 0.289. The second-order valence-electron chi connectivity index (χ2n) is 15.8. The molecule has 3 aromatic carbocycles. The Morgan fingerprint density at radius 1 is 0.531 bits per heavy atom. The Hall–Kier alpha value is -5.38. The topological polar surface area (TPSA) is 131 Å². The maximum Gasteiger partial charge on any atom is 0.261 e. The largest absolute Gasteiger partial charge is 0.450 e. The minimum Gasteiger partial charge on any atom is -0.450 e. The number of nitrogens with zero attached hydrogens (tertiary/aromatic N) is 2. The van der Waals surface area contributed by atoms with Crippen molar-refractivity contribution < 1.29 is 17.7 Å². The first kappa shape index (κ1) is 28.6. The Labute approximate surface area is 276 Å². The maximum atomic E-state index is 12.7. The zero-order valence-corrected chi connectivity index (χ0v) is 27.8. The summed E-state index contributed by atoms with van der Waals surface area (Å²) in [5, 5.41) is 1.24. The molecule has 10 heteroatoms. The smallest absolute Gasteiger partial charge is 0.261 e. The van der Waals surface area contributed by atoms with E-state index in [1.807, 2.05) is 0 Å². The molecule has 0 amide bonds. The number of rotatable bonds is 0. The van der Waals surface area contributed by atoms with Crippen molar-refractivity contribution >= 4 is 67.2 Å². The number of hydrogen-bond acceptors (Lipinski definition) is 8. The molecule has 10 rings (SSSR count). The van der Waals surface area contributed by atoms with Gasteiger partial charge in [-0.2, -0.15) is 0 Å². The molecule has 0 radical (unpaired) electrons. The highest BCUT2D eigenvalue weighted by molar-refractivity contribution is 5.95. The molecule has 0 aliphatic heterocycles. The highest BCUT2D eigenvalue weighted by Gasteiger charge is 2.62. The van der Waals surface area contributed by atoms with Gasteiger partial charge in [-0.25, -0.2) is 0 Å². The fourth-order valence-corrected chi connectivity index (χ4v) is 9.78. The van der Waals surface area contributed by atoms with Crippen LogP contribution < -0.4 is 33.1 Å². The monoisotopic (exact) mass is 656 g/mol. The van der Waals surface area contributed by atoms with Crippen LogP contribution in [0.3, 0.4) is 0 Å². The quantitative estimate of drug-likeness (QED) is 0.213. The van der Waals surface area contributed by atoms with E-state index in [1.165, 1.54) is 25.2 Å². The molecular formula is C39H32N2O8. The van der Waals surface area contributed by atoms with Gasteiger partial charge >= 0.3 is 0 Å². The van der Waals surface area contributed by atoms with Gasteiger partial charge in [-0.05, 0) is 95.2 Å². The fraction of sp³-hybridized carbons (Fsp3) is 0.333. The summed E-state index contributed by atoms with van der Waals surface area (Å²) in [4.78, 5) is 50.8. The van der Waals surface area contributed by atoms with Crippen LogP contribution in [0.4, 0.5) is 0 Å². The standard InChI is InChI=1S/C39H32N2O8/c1-37(2)15-39(23-13-31-29(11-21(23)37)46-25-7-17-19(9-27(25)48-31)35(44)40(5)33(17)42)16-38(3,4)22-12-30-32(14-24(22)39)49-28-10-20-18(8-26(28)47-30)34(43)41(6)36(20)45/h7-14,21,23H,15-16H2,1-6H3. The van der Waals surface area contributed by atoms with Gasteiger partial charge in [-0.3, -0.25) is 28.3 Å². The first-order valence-corrected chi connectivity index (χ1v) is 16.5. The number of fused-ring (bicyclic) bond motifs is 10. The summed E-state index contributed by atoms with van der Waals surface area (Å²) in [7, 11) is 2.94. The van der Waals surface area contributed by atoms with E-state index in [2.05, 4.69) is 52.0 Å². The molecule has 49 heavy (non-hydrogen) atoms. The molecule has 0 N–H and O–H groups in total. The molecule has 0 bridgehead atoms. The highest BCUT2D eigenvalue weighted by atomic mass is 16.4. The molecule has 3 unspecified atom stereocenters. The van der Waals surface area contributed by atoms with Gasteiger partial charge < -0.3 is 17.7 Å². The van der Waals surface area contributed by atoms with Crippen LogP contribution in [0.2, 0.25) is 0 Å². The van der Waals surface area contributed by atoms with E-state index in [0.717, 1.165) is 22.0 Å². The van der Waals surface area contributed by atoms with Crippen molar-refractivity contribution in [1.29, 1.82) is 0 Å². The average Bonchev–Trinajstić information content (AvgIpc) is 3.59. The molecular weight excluding hydrogens is 624 g/mol. The molecule has 7 aromatic rings. The third-order valence-electron chi connectivity index (χ3n) is 11.9. The Bertz CT molecular complexity index is 3090. The van der Waals surface area contributed by atoms with Gasteiger partial charge in [0.25, 0.3) is 22.2 Å². The Morgan fingerprint density at radius 2 is 0.918 bits per heavy atom. The molecule has 3 aliphatic rings. The molecule has 4 heterocycles. The summed E-state index contributed by atoms with van der Waals surface area (Å²) in [6, 6.07) is 10.6. The van der Waals surface area contributed by atoms with Gasteiger partial charge in [0.2, 0.25) is 0 Å². The summed E-state index contributed by atoms with van der Waals surface area (Å²) in [6.45, 7) is 9.13. The lowest BCUT2D eigenvalue weighted by Gasteiger charge is -2.34. The summed E-state index contributed by atoms with van der Waals surface area (Å²) in [5.41, 5.74) is 4.37. The SMILES string of the molecule is Cn1c(=O)c2cc3oc4c(oc3cc2c1=O)=CC1C(C=4)C(C)(C)CC12CC(C)(C)c1cc3oc4cc5c(=O)n(C)c(=O)c5cc4oc3cc12. The number of benzene rings is 3. The molecule has 3 aliphatic carbocycles. The van der Waals surface area contributed by atoms with Crippen LogP contribution in [0, 0.1) is 17.3 Å². The van der Waals surface area contributed by atoms with E-state index in [4.69, 9.17) is 17.7 Å². The van der Waals surface area contributed by atoms with Crippen molar-refractivity contribution in [3.8, 4) is 0 Å². The minimum absolute atomic E-state index is 0.0629. The minimum atomic E-state index is -0.364. The van der Waals surface area contributed by atoms with E-state index < -0.39 is 0 Å². The third-order valence-corrected chi connectivity index (χ3v) is 11.9. The first-order chi connectivity index (χ1) is 23.2. The van der Waals surface area contributed by atoms with Crippen molar-refractivity contribution in [1.82, 2.24) is 9.13 Å². The van der Waals surface area contributed by atoms with Crippen LogP contribution in [0.15, 0.2) is 73.2 Å². The van der Waals surface area contributed by atoms with Crippen molar-refractivity contribution in [3.63, 3.8) is 0 Å². The molecule has 1 fully saturated rings. The molecule has 246 valence electrons. The van der Waals surface area contributed by atoms with E-state index in [1.54, 1.807) is 24.3 Å². The van der Waals surface area contributed by atoms with Gasteiger partial charge in [-0.15, -0.1) is 0 Å². The normalized spacial score (nSPS) is 23.4. The van der Waals surface area contributed by atoms with Gasteiger partial charge in [0.1, 0.15) is 0 Å². The van der Waals surface area contributed by atoms with Crippen LogP contribution >= 0.6 is 0 Å². The lowest BCUT2D eigenvalue weighted by Crippen LogP contribution is -2.39. The van der Waals surface area contributed by atoms with E-state index >= 15 is 0 Å². The van der Waals surface area contributed by atoms with Crippen LogP contribution in [0.1, 0.15) is 51.7 Å². The van der Waals surface area contributed by atoms with Crippen LogP contribution in [-0.2, 0) is 24.9 Å². The van der Waals surface area contributed by atoms with Crippen molar-refractivity contribution in [2.24, 2.45) is 31.3 Å². The van der Waals surface area contributed by atoms with Gasteiger partial charge in [0.05, 0.1) is 21.5 Å². The average molecular weight is 657 g/mol. The zero-order chi connectivity index (χ0) is 34.1. The zero-order valence-electron chi connectivity index (χ0n) is 27.8. The highest BCUT2D eigenvalue weighted by Crippen LogP contribution is 2.67. The molecule has 1 saturated carbocycles. The fourth-order valence-electron chi connectivity index (χ4n) is 9.78. The molecule has 4 aromatic heterocycles. The van der Waals surface area contributed by atoms with Crippen LogP contribution in [0.25, 0.3) is 67.2 Å². The second-order valence-corrected chi connectivity index (χ2v) is 15.8. The van der Waals surface area contributed by atoms with Crippen molar-refractivity contribution in [2.75, 3.05) is 0 Å². The van der Waals surface area contributed by atoms with Crippen LogP contribution in [0.5, 0.6) is 0 Å². The Kier molecular flexibility index (Phi) is 5.03. The molecule has 10 nitrogen and oxygen atoms in total. The third kappa shape index (κ3) is 3.46. The van der Waals surface area contributed by atoms with Crippen LogP contribution in [-0.4, -0.2) is 9.13 Å². The van der Waals surface area contributed by atoms with Crippen molar-refractivity contribution in [2.45, 2.75) is 51.4 Å². The molecule has 3 atom stereocenters. The Morgan fingerprint density at radius 3 is 1.39 bits per heavy atom. The second kappa shape index (κ2) is 8.61. The number of aromatic nitrogens is 2. The maximum absolute atomic E-state index is 12.7. The Balaban J connectivity index is 1.20. The number of hydrogen-bond donors (Lipinski definition) is 0. The molecule has 1 spiro atoms. The van der Waals surface area contributed by atoms with Gasteiger partial charge in [0.15, 0.2) is 44.3 Å². The lowest BCUT2D eigenvalue weighted by atomic mass is 9.69.